The molecule has 1 fully saturated rings. The van der Waals surface area contributed by atoms with Gasteiger partial charge in [0.1, 0.15) is 0 Å². The Hall–Kier alpha value is -0.0800. The van der Waals surface area contributed by atoms with Gasteiger partial charge >= 0.3 is 0 Å². The molecule has 1 rings (SSSR count). The molecule has 2 heteroatoms. The third kappa shape index (κ3) is 4.75. The third-order valence-corrected chi connectivity index (χ3v) is 5.47. The van der Waals surface area contributed by atoms with Crippen molar-refractivity contribution in [2.75, 3.05) is 19.6 Å². The van der Waals surface area contributed by atoms with E-state index in [1.807, 2.05) is 0 Å². The molecule has 2 N–H and O–H groups in total. The van der Waals surface area contributed by atoms with E-state index in [4.69, 9.17) is 5.73 Å². The molecule has 0 spiro atoms. The maximum absolute atomic E-state index is 6.04. The van der Waals surface area contributed by atoms with Crippen LogP contribution in [0, 0.1) is 17.8 Å². The lowest BCUT2D eigenvalue weighted by atomic mass is 9.76. The van der Waals surface area contributed by atoms with Gasteiger partial charge < -0.3 is 10.6 Å². The van der Waals surface area contributed by atoms with Crippen LogP contribution in [0.4, 0.5) is 0 Å². The summed E-state index contributed by atoms with van der Waals surface area (Å²) in [6, 6.07) is 0.745. The Bertz CT molecular complexity index is 225. The minimum absolute atomic E-state index is 0.733. The molecule has 0 aromatic rings. The van der Waals surface area contributed by atoms with Crippen LogP contribution in [-0.4, -0.2) is 30.6 Å². The summed E-state index contributed by atoms with van der Waals surface area (Å²) < 4.78 is 0. The molecule has 0 amide bonds. The van der Waals surface area contributed by atoms with Gasteiger partial charge in [0.05, 0.1) is 0 Å². The molecule has 0 radical (unpaired) electrons. The van der Waals surface area contributed by atoms with Gasteiger partial charge in [-0.3, -0.25) is 0 Å². The average Bonchev–Trinajstić information content (AvgIpc) is 2.48. The predicted octanol–water partition coefficient (Wildman–Crippen LogP) is 3.90. The van der Waals surface area contributed by atoms with E-state index in [0.717, 1.165) is 30.3 Å². The van der Waals surface area contributed by atoms with E-state index in [1.165, 1.54) is 51.6 Å². The van der Waals surface area contributed by atoms with E-state index in [0.29, 0.717) is 0 Å². The number of nitrogens with zero attached hydrogens (tertiary/aromatic N) is 1. The predicted molar refractivity (Wildman–Crippen MR) is 85.3 cm³/mol. The molecule has 2 nitrogen and oxygen atoms in total. The maximum atomic E-state index is 6.04. The molecule has 3 unspecified atom stereocenters. The summed E-state index contributed by atoms with van der Waals surface area (Å²) in [7, 11) is 0. The quantitative estimate of drug-likeness (QED) is 0.723. The first kappa shape index (κ1) is 17.0. The Labute approximate surface area is 121 Å². The summed E-state index contributed by atoms with van der Waals surface area (Å²) in [5.74, 6) is 2.53. The van der Waals surface area contributed by atoms with E-state index in [-0.39, 0.29) is 0 Å². The molecule has 0 aliphatic heterocycles. The zero-order valence-electron chi connectivity index (χ0n) is 13.7. The molecular weight excluding hydrogens is 232 g/mol. The van der Waals surface area contributed by atoms with Crippen LogP contribution in [0.5, 0.6) is 0 Å². The van der Waals surface area contributed by atoms with Crippen molar-refractivity contribution in [3.63, 3.8) is 0 Å². The summed E-state index contributed by atoms with van der Waals surface area (Å²) in [6.07, 6.45) is 8.09. The second-order valence-electron chi connectivity index (χ2n) is 6.42. The highest BCUT2D eigenvalue weighted by Gasteiger charge is 2.32. The maximum Gasteiger partial charge on any atom is 0.0138 e. The van der Waals surface area contributed by atoms with Gasteiger partial charge in [-0.2, -0.15) is 0 Å². The molecule has 0 aromatic heterocycles. The fourth-order valence-corrected chi connectivity index (χ4v) is 3.76. The molecule has 1 aliphatic rings. The lowest BCUT2D eigenvalue weighted by Crippen LogP contribution is -2.48. The van der Waals surface area contributed by atoms with Crippen molar-refractivity contribution in [1.82, 2.24) is 4.90 Å². The number of hydrogen-bond donors (Lipinski definition) is 1. The van der Waals surface area contributed by atoms with Crippen molar-refractivity contribution in [2.24, 2.45) is 23.5 Å². The van der Waals surface area contributed by atoms with Crippen molar-refractivity contribution in [1.29, 1.82) is 0 Å². The number of nitrogens with two attached hydrogens (primary N) is 1. The van der Waals surface area contributed by atoms with Crippen LogP contribution in [0.15, 0.2) is 0 Å². The smallest absolute Gasteiger partial charge is 0.0138 e. The Morgan fingerprint density at radius 1 is 1.11 bits per heavy atom. The normalized spacial score (nSPS) is 28.3. The van der Waals surface area contributed by atoms with E-state index >= 15 is 0 Å². The molecule has 0 aromatic carbocycles. The molecule has 0 bridgehead atoms. The first-order chi connectivity index (χ1) is 9.19. The van der Waals surface area contributed by atoms with Gasteiger partial charge in [0.15, 0.2) is 0 Å². The summed E-state index contributed by atoms with van der Waals surface area (Å²) in [6.45, 7) is 12.7. The Balaban J connectivity index is 2.68. The van der Waals surface area contributed by atoms with Crippen molar-refractivity contribution >= 4 is 0 Å². The monoisotopic (exact) mass is 268 g/mol. The van der Waals surface area contributed by atoms with Gasteiger partial charge in [-0.15, -0.1) is 0 Å². The molecule has 19 heavy (non-hydrogen) atoms. The minimum atomic E-state index is 0.733. The zero-order valence-corrected chi connectivity index (χ0v) is 13.7. The van der Waals surface area contributed by atoms with E-state index in [1.54, 1.807) is 0 Å². The largest absolute Gasteiger partial charge is 0.330 e. The summed E-state index contributed by atoms with van der Waals surface area (Å²) in [5, 5.41) is 0. The van der Waals surface area contributed by atoms with E-state index < -0.39 is 0 Å². The van der Waals surface area contributed by atoms with Crippen LogP contribution in [0.1, 0.15) is 66.2 Å². The van der Waals surface area contributed by atoms with Crippen molar-refractivity contribution in [3.8, 4) is 0 Å². The first-order valence-electron chi connectivity index (χ1n) is 8.63. The zero-order chi connectivity index (χ0) is 14.3. The number of rotatable bonds is 8. The highest BCUT2D eigenvalue weighted by Crippen LogP contribution is 2.34. The van der Waals surface area contributed by atoms with Crippen LogP contribution >= 0.6 is 0 Å². The summed E-state index contributed by atoms with van der Waals surface area (Å²) in [5.41, 5.74) is 6.04. The van der Waals surface area contributed by atoms with Gasteiger partial charge in [0.2, 0.25) is 0 Å². The van der Waals surface area contributed by atoms with Gasteiger partial charge in [0, 0.05) is 12.6 Å². The van der Waals surface area contributed by atoms with Crippen molar-refractivity contribution in [2.45, 2.75) is 72.3 Å². The highest BCUT2D eigenvalue weighted by molar-refractivity contribution is 4.87. The fraction of sp³-hybridized carbons (Fsp3) is 1.00. The average molecular weight is 268 g/mol. The fourth-order valence-electron chi connectivity index (χ4n) is 3.76. The van der Waals surface area contributed by atoms with Crippen molar-refractivity contribution < 1.29 is 0 Å². The van der Waals surface area contributed by atoms with Crippen molar-refractivity contribution in [3.05, 3.63) is 0 Å². The van der Waals surface area contributed by atoms with Gasteiger partial charge in [0.25, 0.3) is 0 Å². The van der Waals surface area contributed by atoms with Gasteiger partial charge in [-0.05, 0) is 43.7 Å². The Morgan fingerprint density at radius 2 is 1.79 bits per heavy atom. The summed E-state index contributed by atoms with van der Waals surface area (Å²) >= 11 is 0. The molecule has 1 saturated carbocycles. The van der Waals surface area contributed by atoms with E-state index in [9.17, 15) is 0 Å². The van der Waals surface area contributed by atoms with Crippen LogP contribution in [-0.2, 0) is 0 Å². The van der Waals surface area contributed by atoms with Crippen LogP contribution in [0.25, 0.3) is 0 Å². The van der Waals surface area contributed by atoms with Crippen LogP contribution in [0.2, 0.25) is 0 Å². The topological polar surface area (TPSA) is 29.3 Å². The third-order valence-electron chi connectivity index (χ3n) is 5.47. The Kier molecular flexibility index (Phi) is 8.01. The SMILES string of the molecule is CCC1CCC(CN)C(N(CC)CC(CC)CC)C1. The summed E-state index contributed by atoms with van der Waals surface area (Å²) in [4.78, 5) is 2.75. The van der Waals surface area contributed by atoms with Gasteiger partial charge in [-0.25, -0.2) is 0 Å². The van der Waals surface area contributed by atoms with E-state index in [2.05, 4.69) is 32.6 Å². The minimum Gasteiger partial charge on any atom is -0.330 e. The molecule has 114 valence electrons. The number of hydrogen-bond acceptors (Lipinski definition) is 2. The van der Waals surface area contributed by atoms with Gasteiger partial charge in [-0.1, -0.05) is 53.4 Å². The molecular formula is C17H36N2. The second-order valence-corrected chi connectivity index (χ2v) is 6.42. The molecule has 1 aliphatic carbocycles. The second kappa shape index (κ2) is 8.97. The van der Waals surface area contributed by atoms with Crippen LogP contribution in [0.3, 0.4) is 0 Å². The molecule has 0 saturated heterocycles. The standard InChI is InChI=1S/C17H36N2/c1-5-14(6-2)13-19(8-4)17-11-15(7-3)9-10-16(17)12-18/h14-17H,5-13,18H2,1-4H3. The Morgan fingerprint density at radius 3 is 2.26 bits per heavy atom. The molecule has 0 heterocycles. The highest BCUT2D eigenvalue weighted by atomic mass is 15.2. The van der Waals surface area contributed by atoms with Crippen LogP contribution < -0.4 is 5.73 Å². The lowest BCUT2D eigenvalue weighted by molar-refractivity contribution is 0.0701. The molecule has 3 atom stereocenters. The first-order valence-corrected chi connectivity index (χ1v) is 8.63. The lowest BCUT2D eigenvalue weighted by Gasteiger charge is -2.43.